The standard InChI is InChI=1S/C14H20N2O4.ClH/c1-8(9(2)15)13(17)16-12-6-5-10(19-3)7-11(12)14(18)20-4;/h5-9H,15H2,1-4H3,(H,16,17);1H. The quantitative estimate of drug-likeness (QED) is 0.809. The molecule has 2 unspecified atom stereocenters. The number of halogens is 1. The number of nitrogens with one attached hydrogen (secondary N) is 1. The molecule has 0 aliphatic carbocycles. The van der Waals surface area contributed by atoms with Crippen molar-refractivity contribution in [2.45, 2.75) is 19.9 Å². The van der Waals surface area contributed by atoms with Crippen molar-refractivity contribution in [1.29, 1.82) is 0 Å². The van der Waals surface area contributed by atoms with E-state index in [1.807, 2.05) is 0 Å². The van der Waals surface area contributed by atoms with E-state index in [9.17, 15) is 9.59 Å². The van der Waals surface area contributed by atoms with Gasteiger partial charge < -0.3 is 20.5 Å². The summed E-state index contributed by atoms with van der Waals surface area (Å²) in [5.74, 6) is -0.672. The Morgan fingerprint density at radius 2 is 1.86 bits per heavy atom. The highest BCUT2D eigenvalue weighted by Gasteiger charge is 2.20. The van der Waals surface area contributed by atoms with Gasteiger partial charge in [0.2, 0.25) is 5.91 Å². The maximum Gasteiger partial charge on any atom is 0.340 e. The summed E-state index contributed by atoms with van der Waals surface area (Å²) in [5, 5.41) is 2.68. The number of esters is 1. The molecule has 7 heteroatoms. The average molecular weight is 317 g/mol. The zero-order valence-electron chi connectivity index (χ0n) is 12.5. The molecule has 0 aliphatic rings. The molecule has 0 aromatic heterocycles. The van der Waals surface area contributed by atoms with E-state index in [4.69, 9.17) is 15.2 Å². The zero-order chi connectivity index (χ0) is 15.3. The highest BCUT2D eigenvalue weighted by atomic mass is 35.5. The summed E-state index contributed by atoms with van der Waals surface area (Å²) in [6.45, 7) is 3.47. The van der Waals surface area contributed by atoms with Crippen LogP contribution in [0.25, 0.3) is 0 Å². The molecule has 6 nitrogen and oxygen atoms in total. The molecule has 1 amide bonds. The molecule has 0 saturated heterocycles. The van der Waals surface area contributed by atoms with E-state index in [1.165, 1.54) is 20.3 Å². The lowest BCUT2D eigenvalue weighted by Gasteiger charge is -2.17. The number of benzene rings is 1. The third kappa shape index (κ3) is 4.91. The van der Waals surface area contributed by atoms with Gasteiger partial charge in [-0.3, -0.25) is 4.79 Å². The number of hydrogen-bond acceptors (Lipinski definition) is 5. The van der Waals surface area contributed by atoms with Crippen LogP contribution in [0.3, 0.4) is 0 Å². The Morgan fingerprint density at radius 3 is 2.33 bits per heavy atom. The Balaban J connectivity index is 0.00000400. The molecule has 0 saturated carbocycles. The normalized spacial score (nSPS) is 12.6. The summed E-state index contributed by atoms with van der Waals surface area (Å²) in [4.78, 5) is 23.7. The van der Waals surface area contributed by atoms with Crippen molar-refractivity contribution >= 4 is 30.0 Å². The third-order valence-electron chi connectivity index (χ3n) is 3.09. The fourth-order valence-electron chi connectivity index (χ4n) is 1.52. The SMILES string of the molecule is COC(=O)c1cc(OC)ccc1NC(=O)C(C)C(C)N.Cl. The lowest BCUT2D eigenvalue weighted by molar-refractivity contribution is -0.119. The average Bonchev–Trinajstić information content (AvgIpc) is 2.45. The first-order chi connectivity index (χ1) is 9.40. The van der Waals surface area contributed by atoms with Gasteiger partial charge in [0.15, 0.2) is 0 Å². The highest BCUT2D eigenvalue weighted by molar-refractivity contribution is 6.02. The third-order valence-corrected chi connectivity index (χ3v) is 3.09. The van der Waals surface area contributed by atoms with Crippen molar-refractivity contribution in [3.63, 3.8) is 0 Å². The summed E-state index contributed by atoms with van der Waals surface area (Å²) in [6.07, 6.45) is 0. The molecule has 0 aliphatic heterocycles. The first-order valence-electron chi connectivity index (χ1n) is 6.23. The molecule has 21 heavy (non-hydrogen) atoms. The summed E-state index contributed by atoms with van der Waals surface area (Å²) in [6, 6.07) is 4.47. The Morgan fingerprint density at radius 1 is 1.24 bits per heavy atom. The van der Waals surface area contributed by atoms with Gasteiger partial charge in [-0.2, -0.15) is 0 Å². The van der Waals surface area contributed by atoms with Crippen molar-refractivity contribution in [3.8, 4) is 5.75 Å². The van der Waals surface area contributed by atoms with Gasteiger partial charge in [0.05, 0.1) is 31.4 Å². The van der Waals surface area contributed by atoms with Crippen molar-refractivity contribution in [3.05, 3.63) is 23.8 Å². The maximum absolute atomic E-state index is 12.0. The van der Waals surface area contributed by atoms with Gasteiger partial charge in [-0.1, -0.05) is 6.92 Å². The predicted molar refractivity (Wildman–Crippen MR) is 83.0 cm³/mol. The van der Waals surface area contributed by atoms with Crippen LogP contribution in [-0.2, 0) is 9.53 Å². The number of rotatable bonds is 5. The molecule has 0 fully saturated rings. The predicted octanol–water partition coefficient (Wildman–Crippen LogP) is 1.83. The van der Waals surface area contributed by atoms with Gasteiger partial charge in [-0.25, -0.2) is 4.79 Å². The van der Waals surface area contributed by atoms with E-state index in [0.717, 1.165) is 0 Å². The largest absolute Gasteiger partial charge is 0.497 e. The van der Waals surface area contributed by atoms with Crippen LogP contribution in [-0.4, -0.2) is 32.1 Å². The number of nitrogens with two attached hydrogens (primary N) is 1. The molecule has 2 atom stereocenters. The smallest absolute Gasteiger partial charge is 0.340 e. The molecule has 118 valence electrons. The van der Waals surface area contributed by atoms with E-state index >= 15 is 0 Å². The molecule has 1 aromatic rings. The molecule has 1 aromatic carbocycles. The number of hydrogen-bond donors (Lipinski definition) is 2. The van der Waals surface area contributed by atoms with E-state index in [0.29, 0.717) is 11.4 Å². The van der Waals surface area contributed by atoms with Crippen LogP contribution in [0.5, 0.6) is 5.75 Å². The second-order valence-corrected chi connectivity index (χ2v) is 4.54. The monoisotopic (exact) mass is 316 g/mol. The summed E-state index contributed by atoms with van der Waals surface area (Å²) >= 11 is 0. The number of anilines is 1. The number of ether oxygens (including phenoxy) is 2. The molecule has 0 heterocycles. The van der Waals surface area contributed by atoms with Gasteiger partial charge >= 0.3 is 5.97 Å². The molecule has 0 bridgehead atoms. The Hall–Kier alpha value is -1.79. The van der Waals surface area contributed by atoms with Gasteiger partial charge in [-0.05, 0) is 25.1 Å². The Labute approximate surface area is 130 Å². The van der Waals surface area contributed by atoms with Crippen LogP contribution in [0.15, 0.2) is 18.2 Å². The van der Waals surface area contributed by atoms with Crippen LogP contribution in [0, 0.1) is 5.92 Å². The number of carbonyl (C=O) groups is 2. The number of methoxy groups -OCH3 is 2. The fraction of sp³-hybridized carbons (Fsp3) is 0.429. The second-order valence-electron chi connectivity index (χ2n) is 4.54. The zero-order valence-corrected chi connectivity index (χ0v) is 13.3. The van der Waals surface area contributed by atoms with Gasteiger partial charge in [0, 0.05) is 6.04 Å². The first-order valence-corrected chi connectivity index (χ1v) is 6.23. The van der Waals surface area contributed by atoms with Crippen LogP contribution < -0.4 is 15.8 Å². The van der Waals surface area contributed by atoms with Crippen LogP contribution >= 0.6 is 12.4 Å². The summed E-state index contributed by atoms with van der Waals surface area (Å²) in [5.41, 5.74) is 6.29. The molecule has 0 radical (unpaired) electrons. The van der Waals surface area contributed by atoms with E-state index in [1.54, 1.807) is 26.0 Å². The van der Waals surface area contributed by atoms with Crippen LogP contribution in [0.4, 0.5) is 5.69 Å². The van der Waals surface area contributed by atoms with Gasteiger partial charge in [-0.15, -0.1) is 12.4 Å². The Bertz CT molecular complexity index is 506. The van der Waals surface area contributed by atoms with Crippen molar-refractivity contribution in [2.75, 3.05) is 19.5 Å². The van der Waals surface area contributed by atoms with Crippen molar-refractivity contribution in [1.82, 2.24) is 0 Å². The topological polar surface area (TPSA) is 90.6 Å². The van der Waals surface area contributed by atoms with Gasteiger partial charge in [0.25, 0.3) is 0 Å². The lowest BCUT2D eigenvalue weighted by atomic mass is 10.0. The summed E-state index contributed by atoms with van der Waals surface area (Å²) < 4.78 is 9.75. The molecule has 0 spiro atoms. The van der Waals surface area contributed by atoms with E-state index < -0.39 is 5.97 Å². The van der Waals surface area contributed by atoms with Gasteiger partial charge in [0.1, 0.15) is 5.75 Å². The van der Waals surface area contributed by atoms with E-state index in [-0.39, 0.29) is 35.8 Å². The minimum atomic E-state index is -0.548. The van der Waals surface area contributed by atoms with Crippen molar-refractivity contribution in [2.24, 2.45) is 11.7 Å². The van der Waals surface area contributed by atoms with E-state index in [2.05, 4.69) is 5.32 Å². The fourth-order valence-corrected chi connectivity index (χ4v) is 1.52. The lowest BCUT2D eigenvalue weighted by Crippen LogP contribution is -2.34. The second kappa shape index (κ2) is 8.49. The maximum atomic E-state index is 12.0. The van der Waals surface area contributed by atoms with Crippen molar-refractivity contribution < 1.29 is 19.1 Å². The number of amides is 1. The molecular formula is C14H21ClN2O4. The minimum absolute atomic E-state index is 0. The Kier molecular flexibility index (Phi) is 7.76. The molecular weight excluding hydrogens is 296 g/mol. The van der Waals surface area contributed by atoms with Crippen LogP contribution in [0.2, 0.25) is 0 Å². The summed E-state index contributed by atoms with van der Waals surface area (Å²) in [7, 11) is 2.77. The minimum Gasteiger partial charge on any atom is -0.497 e. The van der Waals surface area contributed by atoms with Crippen LogP contribution in [0.1, 0.15) is 24.2 Å². The molecule has 1 rings (SSSR count). The first kappa shape index (κ1) is 19.2. The number of carbonyl (C=O) groups excluding carboxylic acids is 2. The molecule has 3 N–H and O–H groups in total. The highest BCUT2D eigenvalue weighted by Crippen LogP contribution is 2.23.